The van der Waals surface area contributed by atoms with Gasteiger partial charge in [-0.1, -0.05) is 73.8 Å². The largest absolute Gasteiger partial charge is 0.460 e. The lowest BCUT2D eigenvalue weighted by Gasteiger charge is -2.38. The number of esters is 1. The fraction of sp³-hybridized carbons (Fsp3) is 0.744. The summed E-state index contributed by atoms with van der Waals surface area (Å²) in [4.78, 5) is 112. The molecule has 0 saturated carbocycles. The van der Waals surface area contributed by atoms with Crippen molar-refractivity contribution in [2.75, 3.05) is 20.6 Å². The van der Waals surface area contributed by atoms with Crippen molar-refractivity contribution in [3.63, 3.8) is 0 Å². The number of unbranched alkanes of at least 4 members (excludes halogenated alkanes) is 1. The number of ether oxygens (including phenoxy) is 1. The number of Topliss-reactive ketones (excluding diaryl/α,β-unsaturated/α-hetero) is 1. The van der Waals surface area contributed by atoms with Gasteiger partial charge >= 0.3 is 5.97 Å². The molecular formula is C39H63N5O9. The van der Waals surface area contributed by atoms with E-state index in [9.17, 15) is 38.4 Å². The third kappa shape index (κ3) is 11.7. The maximum Gasteiger partial charge on any atom is 0.302 e. The second kappa shape index (κ2) is 19.8. The van der Waals surface area contributed by atoms with Crippen LogP contribution in [0.15, 0.2) is 12.2 Å². The van der Waals surface area contributed by atoms with Crippen LogP contribution in [-0.4, -0.2) is 124 Å². The second-order valence-corrected chi connectivity index (χ2v) is 15.8. The molecule has 14 heteroatoms. The minimum Gasteiger partial charge on any atom is -0.460 e. The molecule has 0 aliphatic carbocycles. The number of amides is 6. The minimum atomic E-state index is -1.46. The number of hydrogen-bond acceptors (Lipinski definition) is 9. The number of carbonyl (C=O) groups is 8. The van der Waals surface area contributed by atoms with Gasteiger partial charge in [0.15, 0.2) is 5.78 Å². The highest BCUT2D eigenvalue weighted by molar-refractivity contribution is 6.09. The Balaban J connectivity index is 2.42. The van der Waals surface area contributed by atoms with Crippen LogP contribution in [0.4, 0.5) is 0 Å². The summed E-state index contributed by atoms with van der Waals surface area (Å²) in [5.74, 6) is -5.08. The molecule has 0 spiro atoms. The second-order valence-electron chi connectivity index (χ2n) is 15.8. The maximum absolute atomic E-state index is 14.4. The molecule has 0 radical (unpaired) electrons. The Hall–Kier alpha value is -4.10. The van der Waals surface area contributed by atoms with E-state index >= 15 is 0 Å². The highest BCUT2D eigenvalue weighted by Crippen LogP contribution is 2.26. The predicted molar refractivity (Wildman–Crippen MR) is 199 cm³/mol. The Labute approximate surface area is 315 Å². The molecule has 1 N–H and O–H groups in total. The number of rotatable bonds is 18. The molecule has 1 fully saturated rings. The fourth-order valence-electron chi connectivity index (χ4n) is 7.35. The summed E-state index contributed by atoms with van der Waals surface area (Å²) in [6, 6.07) is -5.39. The number of likely N-dealkylation sites (tertiary alicyclic amines) is 1. The van der Waals surface area contributed by atoms with Crippen molar-refractivity contribution >= 4 is 47.2 Å². The molecule has 6 amide bonds. The lowest BCUT2D eigenvalue weighted by Crippen LogP contribution is -2.62. The zero-order valence-electron chi connectivity index (χ0n) is 33.8. The van der Waals surface area contributed by atoms with Crippen LogP contribution in [0.1, 0.15) is 108 Å². The van der Waals surface area contributed by atoms with Gasteiger partial charge in [-0.3, -0.25) is 43.3 Å². The molecule has 0 aromatic carbocycles. The monoisotopic (exact) mass is 745 g/mol. The van der Waals surface area contributed by atoms with Crippen molar-refractivity contribution in [1.29, 1.82) is 0 Å². The van der Waals surface area contributed by atoms with Crippen molar-refractivity contribution in [3.8, 4) is 0 Å². The average Bonchev–Trinajstić information content (AvgIpc) is 3.63. The van der Waals surface area contributed by atoms with Crippen LogP contribution < -0.4 is 5.32 Å². The quantitative estimate of drug-likeness (QED) is 0.164. The zero-order chi connectivity index (χ0) is 40.5. The van der Waals surface area contributed by atoms with Crippen LogP contribution in [0, 0.1) is 23.7 Å². The van der Waals surface area contributed by atoms with E-state index in [0.29, 0.717) is 18.8 Å². The number of hydrogen-bond donors (Lipinski definition) is 1. The van der Waals surface area contributed by atoms with E-state index in [1.165, 1.54) is 31.9 Å². The summed E-state index contributed by atoms with van der Waals surface area (Å²) >= 11 is 0. The van der Waals surface area contributed by atoms with Crippen molar-refractivity contribution in [2.45, 2.75) is 144 Å². The summed E-state index contributed by atoms with van der Waals surface area (Å²) < 4.78 is 5.40. The molecule has 0 aromatic rings. The maximum atomic E-state index is 14.4. The molecule has 2 aliphatic rings. The molecule has 53 heavy (non-hydrogen) atoms. The Morgan fingerprint density at radius 3 is 2.08 bits per heavy atom. The van der Waals surface area contributed by atoms with E-state index in [2.05, 4.69) is 19.2 Å². The third-order valence-electron chi connectivity index (χ3n) is 10.2. The van der Waals surface area contributed by atoms with Gasteiger partial charge in [-0.15, -0.1) is 0 Å². The van der Waals surface area contributed by atoms with Crippen molar-refractivity contribution in [1.82, 2.24) is 24.9 Å². The molecule has 2 heterocycles. The van der Waals surface area contributed by atoms with Gasteiger partial charge in [-0.25, -0.2) is 0 Å². The first-order valence-corrected chi connectivity index (χ1v) is 19.0. The molecular weight excluding hydrogens is 682 g/mol. The summed E-state index contributed by atoms with van der Waals surface area (Å²) in [6.45, 7) is 17.2. The molecule has 0 bridgehead atoms. The minimum absolute atomic E-state index is 0.00102. The number of nitrogens with one attached hydrogen (secondary N) is 1. The SMILES string of the molecule is CCCCC(C)CC(C)C(=O)N(C)[C@@H](CC(C)C)C(=O)N[C@H](C(=O)N(C)[C@H](C(=O)N1CC(=O)C[C@H]1C(=O)N1C(=O)C=CC1C)C(C)C)C(C)OC(C)=O. The Kier molecular flexibility index (Phi) is 16.9. The summed E-state index contributed by atoms with van der Waals surface area (Å²) in [5.41, 5.74) is 0. The molecule has 14 nitrogen and oxygen atoms in total. The van der Waals surface area contributed by atoms with Gasteiger partial charge in [0, 0.05) is 39.4 Å². The standard InChI is InChI=1S/C39H63N5O9/c1-13-14-15-24(6)19-25(7)36(49)41(11)30(18-22(2)3)35(48)40-33(27(9)53-28(10)45)38(51)42(12)34(23(4)5)39(52)43-21-29(46)20-31(43)37(50)44-26(8)16-17-32(44)47/h16-17,22-27,30-31,33-34H,13-15,18-21H2,1-12H3,(H,40,48)/t24?,25?,26?,27?,30-,31-,33-,34-/m0/s1. The lowest BCUT2D eigenvalue weighted by molar-refractivity contribution is -0.157. The number of nitrogens with zero attached hydrogens (tertiary/aromatic N) is 4. The van der Waals surface area contributed by atoms with E-state index < -0.39 is 77.7 Å². The van der Waals surface area contributed by atoms with Crippen molar-refractivity contribution in [2.24, 2.45) is 23.7 Å². The first kappa shape index (κ1) is 45.1. The fourth-order valence-corrected chi connectivity index (χ4v) is 7.35. The van der Waals surface area contributed by atoms with Gasteiger partial charge in [0.2, 0.25) is 23.6 Å². The highest BCUT2D eigenvalue weighted by atomic mass is 16.5. The van der Waals surface area contributed by atoms with Crippen LogP contribution >= 0.6 is 0 Å². The summed E-state index contributed by atoms with van der Waals surface area (Å²) in [5, 5.41) is 2.75. The van der Waals surface area contributed by atoms with Gasteiger partial charge in [-0.05, 0) is 44.4 Å². The van der Waals surface area contributed by atoms with Crippen LogP contribution in [0.2, 0.25) is 0 Å². The Morgan fingerprint density at radius 2 is 1.57 bits per heavy atom. The Morgan fingerprint density at radius 1 is 0.943 bits per heavy atom. The van der Waals surface area contributed by atoms with E-state index in [-0.39, 0.29) is 36.5 Å². The molecule has 0 aromatic heterocycles. The summed E-state index contributed by atoms with van der Waals surface area (Å²) in [6.07, 6.45) is 5.46. The molecule has 1 saturated heterocycles. The van der Waals surface area contributed by atoms with E-state index in [1.54, 1.807) is 33.9 Å². The smallest absolute Gasteiger partial charge is 0.302 e. The van der Waals surface area contributed by atoms with E-state index in [1.807, 2.05) is 20.8 Å². The number of ketones is 1. The van der Waals surface area contributed by atoms with E-state index in [4.69, 9.17) is 4.74 Å². The van der Waals surface area contributed by atoms with Gasteiger partial charge in [0.25, 0.3) is 11.8 Å². The van der Waals surface area contributed by atoms with Crippen LogP contribution in [0.3, 0.4) is 0 Å². The molecule has 2 rings (SSSR count). The molecule has 4 unspecified atom stereocenters. The predicted octanol–water partition coefficient (Wildman–Crippen LogP) is 3.11. The van der Waals surface area contributed by atoms with Gasteiger partial charge in [0.05, 0.1) is 12.6 Å². The first-order valence-electron chi connectivity index (χ1n) is 19.0. The number of carbonyl (C=O) groups excluding carboxylic acids is 8. The van der Waals surface area contributed by atoms with Crippen LogP contribution in [-0.2, 0) is 43.1 Å². The summed E-state index contributed by atoms with van der Waals surface area (Å²) in [7, 11) is 2.95. The number of imide groups is 1. The van der Waals surface area contributed by atoms with Gasteiger partial charge in [-0.2, -0.15) is 0 Å². The molecule has 2 aliphatic heterocycles. The van der Waals surface area contributed by atoms with Gasteiger partial charge < -0.3 is 24.8 Å². The first-order chi connectivity index (χ1) is 24.6. The van der Waals surface area contributed by atoms with Crippen LogP contribution in [0.5, 0.6) is 0 Å². The third-order valence-corrected chi connectivity index (χ3v) is 10.2. The number of likely N-dealkylation sites (N-methyl/N-ethyl adjacent to an activating group) is 2. The average molecular weight is 746 g/mol. The Bertz CT molecular complexity index is 1410. The molecule has 298 valence electrons. The van der Waals surface area contributed by atoms with Crippen LogP contribution in [0.25, 0.3) is 0 Å². The van der Waals surface area contributed by atoms with E-state index in [0.717, 1.165) is 34.0 Å². The normalized spacial score (nSPS) is 20.6. The lowest BCUT2D eigenvalue weighted by atomic mass is 9.91. The highest BCUT2D eigenvalue weighted by Gasteiger charge is 2.48. The zero-order valence-corrected chi connectivity index (χ0v) is 33.8. The van der Waals surface area contributed by atoms with Crippen molar-refractivity contribution in [3.05, 3.63) is 12.2 Å². The molecule has 8 atom stereocenters. The van der Waals surface area contributed by atoms with Crippen molar-refractivity contribution < 1.29 is 43.1 Å². The topological polar surface area (TPSA) is 171 Å². The van der Waals surface area contributed by atoms with Gasteiger partial charge in [0.1, 0.15) is 30.3 Å².